The molecule has 0 aromatic heterocycles. The fraction of sp³-hybridized carbons (Fsp3) is 0.250. The summed E-state index contributed by atoms with van der Waals surface area (Å²) in [6.45, 7) is 4.13. The average Bonchev–Trinajstić information content (AvgIpc) is 2.66. The van der Waals surface area contributed by atoms with Crippen LogP contribution in [0.4, 0.5) is 0 Å². The second kappa shape index (κ2) is 6.96. The van der Waals surface area contributed by atoms with E-state index in [0.29, 0.717) is 10.9 Å². The Morgan fingerprint density at radius 3 is 2.69 bits per heavy atom. The molecule has 1 N–H and O–H groups in total. The number of carbonyl (C=O) groups excluding carboxylic acids is 1. The highest BCUT2D eigenvalue weighted by Gasteiger charge is 2.32. The number of amides is 1. The van der Waals surface area contributed by atoms with Gasteiger partial charge >= 0.3 is 0 Å². The second-order valence-electron chi connectivity index (χ2n) is 6.36. The summed E-state index contributed by atoms with van der Waals surface area (Å²) in [5.41, 5.74) is 3.02. The molecule has 0 unspecified atom stereocenters. The molecular formula is C20H20N4OS. The molecule has 0 saturated heterocycles. The number of fused-ring (bicyclic) bond motifs is 2. The zero-order valence-corrected chi connectivity index (χ0v) is 15.6. The van der Waals surface area contributed by atoms with Gasteiger partial charge in [0.1, 0.15) is 11.9 Å². The molecule has 2 aromatic rings. The predicted octanol–water partition coefficient (Wildman–Crippen LogP) is 2.11. The lowest BCUT2D eigenvalue weighted by atomic mass is 10.1. The highest BCUT2D eigenvalue weighted by atomic mass is 32.2. The summed E-state index contributed by atoms with van der Waals surface area (Å²) >= 11 is 1.53. The van der Waals surface area contributed by atoms with Crippen molar-refractivity contribution in [3.63, 3.8) is 0 Å². The quantitative estimate of drug-likeness (QED) is 0.908. The molecule has 1 atom stereocenters. The Morgan fingerprint density at radius 2 is 1.92 bits per heavy atom. The molecule has 2 aliphatic heterocycles. The number of hydrazone groups is 1. The Hall–Kier alpha value is -2.60. The number of benzene rings is 2. The molecule has 0 aliphatic carbocycles. The van der Waals surface area contributed by atoms with E-state index in [0.717, 1.165) is 22.7 Å². The van der Waals surface area contributed by atoms with E-state index in [-0.39, 0.29) is 12.1 Å². The largest absolute Gasteiger partial charge is 0.298 e. The van der Waals surface area contributed by atoms with Crippen molar-refractivity contribution in [2.75, 3.05) is 0 Å². The fourth-order valence-electron chi connectivity index (χ4n) is 3.06. The van der Waals surface area contributed by atoms with Crippen LogP contribution in [0.5, 0.6) is 0 Å². The van der Waals surface area contributed by atoms with Crippen LogP contribution in [0.25, 0.3) is 5.70 Å². The number of thioether (sulfide) groups is 1. The van der Waals surface area contributed by atoms with Crippen LogP contribution in [0.2, 0.25) is 0 Å². The smallest absolute Gasteiger partial charge is 0.276 e. The van der Waals surface area contributed by atoms with Gasteiger partial charge in [-0.3, -0.25) is 15.1 Å². The van der Waals surface area contributed by atoms with Crippen LogP contribution in [-0.4, -0.2) is 22.2 Å². The molecule has 2 heterocycles. The van der Waals surface area contributed by atoms with E-state index in [1.807, 2.05) is 24.3 Å². The summed E-state index contributed by atoms with van der Waals surface area (Å²) in [4.78, 5) is 17.5. The third-order valence-electron chi connectivity index (χ3n) is 4.45. The average molecular weight is 364 g/mol. The van der Waals surface area contributed by atoms with Gasteiger partial charge in [0, 0.05) is 11.0 Å². The van der Waals surface area contributed by atoms with Crippen LogP contribution in [0, 0.1) is 6.92 Å². The first-order chi connectivity index (χ1) is 12.7. The molecule has 132 valence electrons. The van der Waals surface area contributed by atoms with Crippen molar-refractivity contribution in [3.05, 3.63) is 70.2 Å². The molecule has 26 heavy (non-hydrogen) atoms. The minimum absolute atomic E-state index is 0.118. The van der Waals surface area contributed by atoms with Gasteiger partial charge in [0.2, 0.25) is 0 Å². The first-order valence-corrected chi connectivity index (χ1v) is 9.69. The lowest BCUT2D eigenvalue weighted by Gasteiger charge is -2.33. The van der Waals surface area contributed by atoms with E-state index in [2.05, 4.69) is 48.5 Å². The van der Waals surface area contributed by atoms with E-state index in [1.54, 1.807) is 5.01 Å². The van der Waals surface area contributed by atoms with Crippen molar-refractivity contribution in [2.24, 2.45) is 10.1 Å². The second-order valence-corrected chi connectivity index (χ2v) is 7.33. The molecule has 0 fully saturated rings. The molecular weight excluding hydrogens is 344 g/mol. The maximum Gasteiger partial charge on any atom is 0.276 e. The number of para-hydroxylation sites is 1. The highest BCUT2D eigenvalue weighted by molar-refractivity contribution is 8.13. The summed E-state index contributed by atoms with van der Waals surface area (Å²) in [6.07, 6.45) is 0.630. The summed E-state index contributed by atoms with van der Waals surface area (Å²) < 4.78 is 0. The molecule has 1 amide bonds. The van der Waals surface area contributed by atoms with E-state index < -0.39 is 0 Å². The van der Waals surface area contributed by atoms with Crippen molar-refractivity contribution in [2.45, 2.75) is 32.2 Å². The van der Waals surface area contributed by atoms with E-state index in [1.165, 1.54) is 22.9 Å². The Labute approximate surface area is 156 Å². The Morgan fingerprint density at radius 1 is 1.15 bits per heavy atom. The molecule has 0 spiro atoms. The molecule has 0 saturated carbocycles. The van der Waals surface area contributed by atoms with Crippen LogP contribution in [0.15, 0.2) is 58.6 Å². The number of aryl methyl sites for hydroxylation is 1. The van der Waals surface area contributed by atoms with Gasteiger partial charge in [-0.1, -0.05) is 66.7 Å². The van der Waals surface area contributed by atoms with Gasteiger partial charge in [0.15, 0.2) is 5.17 Å². The van der Waals surface area contributed by atoms with Crippen LogP contribution >= 0.6 is 11.8 Å². The number of rotatable bonds is 3. The zero-order chi connectivity index (χ0) is 18.1. The molecule has 0 radical (unpaired) electrons. The highest BCUT2D eigenvalue weighted by Crippen LogP contribution is 2.23. The predicted molar refractivity (Wildman–Crippen MR) is 105 cm³/mol. The van der Waals surface area contributed by atoms with Crippen LogP contribution in [-0.2, 0) is 10.5 Å². The number of hydrogen-bond donors (Lipinski definition) is 1. The first kappa shape index (κ1) is 16.8. The van der Waals surface area contributed by atoms with Crippen LogP contribution in [0.3, 0.4) is 0 Å². The summed E-state index contributed by atoms with van der Waals surface area (Å²) in [5, 5.41) is 11.7. The van der Waals surface area contributed by atoms with Crippen molar-refractivity contribution in [1.82, 2.24) is 10.3 Å². The number of carbonyl (C=O) groups is 1. The maximum atomic E-state index is 12.8. The SMILES string of the molecule is CC[C@@H]1N=c2ccccc2=C2C(=O)NC(SCc3ccc(C)cc3)=NN21. The topological polar surface area (TPSA) is 57.1 Å². The summed E-state index contributed by atoms with van der Waals surface area (Å²) in [5.74, 6) is 0.639. The van der Waals surface area contributed by atoms with Crippen LogP contribution in [0.1, 0.15) is 24.5 Å². The zero-order valence-electron chi connectivity index (χ0n) is 14.8. The molecule has 0 bridgehead atoms. The van der Waals surface area contributed by atoms with Gasteiger partial charge < -0.3 is 0 Å². The lowest BCUT2D eigenvalue weighted by molar-refractivity contribution is -0.116. The van der Waals surface area contributed by atoms with Crippen molar-refractivity contribution in [1.29, 1.82) is 0 Å². The van der Waals surface area contributed by atoms with Gasteiger partial charge in [0.05, 0.1) is 5.36 Å². The van der Waals surface area contributed by atoms with Gasteiger partial charge in [-0.05, 0) is 25.0 Å². The number of hydrogen-bond acceptors (Lipinski definition) is 5. The summed E-state index contributed by atoms with van der Waals surface area (Å²) in [7, 11) is 0. The van der Waals surface area contributed by atoms with E-state index >= 15 is 0 Å². The fourth-order valence-corrected chi connectivity index (χ4v) is 3.87. The monoisotopic (exact) mass is 364 g/mol. The minimum Gasteiger partial charge on any atom is -0.298 e. The molecule has 2 aliphatic rings. The van der Waals surface area contributed by atoms with Crippen molar-refractivity contribution >= 4 is 28.5 Å². The van der Waals surface area contributed by atoms with Crippen molar-refractivity contribution in [3.8, 4) is 0 Å². The first-order valence-electron chi connectivity index (χ1n) is 8.70. The molecule has 5 nitrogen and oxygen atoms in total. The lowest BCUT2D eigenvalue weighted by Crippen LogP contribution is -2.52. The molecule has 6 heteroatoms. The normalized spacial score (nSPS) is 18.5. The summed E-state index contributed by atoms with van der Waals surface area (Å²) in [6, 6.07) is 16.1. The van der Waals surface area contributed by atoms with Crippen molar-refractivity contribution < 1.29 is 4.79 Å². The van der Waals surface area contributed by atoms with Gasteiger partial charge in [0.25, 0.3) is 5.91 Å². The van der Waals surface area contributed by atoms with E-state index in [9.17, 15) is 4.79 Å². The van der Waals surface area contributed by atoms with Gasteiger partial charge in [-0.25, -0.2) is 5.01 Å². The minimum atomic E-state index is -0.152. The Bertz CT molecular complexity index is 997. The Kier molecular flexibility index (Phi) is 4.51. The third kappa shape index (κ3) is 3.12. The maximum absolute atomic E-state index is 12.8. The number of nitrogens with one attached hydrogen (secondary N) is 1. The van der Waals surface area contributed by atoms with Gasteiger partial charge in [-0.15, -0.1) is 5.10 Å². The molecule has 4 rings (SSSR count). The third-order valence-corrected chi connectivity index (χ3v) is 5.39. The van der Waals surface area contributed by atoms with Gasteiger partial charge in [-0.2, -0.15) is 0 Å². The van der Waals surface area contributed by atoms with E-state index in [4.69, 9.17) is 4.99 Å². The van der Waals surface area contributed by atoms with Crippen LogP contribution < -0.4 is 15.9 Å². The number of amidine groups is 1. The molecule has 2 aromatic carbocycles. The number of nitrogens with zero attached hydrogens (tertiary/aromatic N) is 3. The Balaban J connectivity index is 1.65. The standard InChI is InChI=1S/C20H20N4OS/c1-3-17-21-16-7-5-4-6-15(16)18-19(25)22-20(23-24(17)18)26-12-14-10-8-13(2)9-11-14/h4-11,17H,3,12H2,1-2H3,(H,22,23,25)/t17-/m1/s1.